The number of rotatable bonds is 7. The minimum Gasteiger partial charge on any atom is -0.315 e. The molecule has 1 rings (SSSR count). The van der Waals surface area contributed by atoms with Crippen molar-refractivity contribution in [2.75, 3.05) is 6.54 Å². The summed E-state index contributed by atoms with van der Waals surface area (Å²) in [7, 11) is 0. The summed E-state index contributed by atoms with van der Waals surface area (Å²) in [5.41, 5.74) is 1.36. The van der Waals surface area contributed by atoms with Gasteiger partial charge in [-0.25, -0.2) is 0 Å². The van der Waals surface area contributed by atoms with Crippen molar-refractivity contribution in [3.05, 3.63) is 18.0 Å². The van der Waals surface area contributed by atoms with E-state index >= 15 is 0 Å². The number of unbranched alkanes of at least 4 members (excludes halogenated alkanes) is 1. The molecule has 0 aliphatic heterocycles. The van der Waals surface area contributed by atoms with Crippen molar-refractivity contribution in [3.63, 3.8) is 0 Å². The second-order valence-corrected chi connectivity index (χ2v) is 4.27. The fourth-order valence-electron chi connectivity index (χ4n) is 1.55. The molecular formula is C12H23N3. The first-order valence-corrected chi connectivity index (χ1v) is 5.97. The summed E-state index contributed by atoms with van der Waals surface area (Å²) < 4.78 is 1.99. The summed E-state index contributed by atoms with van der Waals surface area (Å²) in [6, 6.07) is 0.604. The fourth-order valence-corrected chi connectivity index (χ4v) is 1.55. The predicted molar refractivity (Wildman–Crippen MR) is 64.0 cm³/mol. The van der Waals surface area contributed by atoms with Gasteiger partial charge in [0, 0.05) is 18.8 Å². The second-order valence-electron chi connectivity index (χ2n) is 4.27. The third-order valence-corrected chi connectivity index (χ3v) is 2.46. The van der Waals surface area contributed by atoms with Crippen LogP contribution < -0.4 is 5.32 Å². The second kappa shape index (κ2) is 6.62. The molecule has 0 aromatic carbocycles. The Balaban J connectivity index is 2.09. The number of hydrogen-bond acceptors (Lipinski definition) is 2. The van der Waals surface area contributed by atoms with Gasteiger partial charge in [-0.1, -0.05) is 13.8 Å². The molecule has 0 radical (unpaired) electrons. The molecule has 3 heteroatoms. The SMILES string of the molecule is CCn1cc(CCCCNC(C)C)cn1. The van der Waals surface area contributed by atoms with E-state index in [0.29, 0.717) is 6.04 Å². The lowest BCUT2D eigenvalue weighted by Gasteiger charge is -2.06. The molecule has 15 heavy (non-hydrogen) atoms. The summed E-state index contributed by atoms with van der Waals surface area (Å²) in [6.07, 6.45) is 7.78. The molecule has 0 atom stereocenters. The van der Waals surface area contributed by atoms with E-state index in [2.05, 4.69) is 37.4 Å². The van der Waals surface area contributed by atoms with Crippen LogP contribution in [0.15, 0.2) is 12.4 Å². The van der Waals surface area contributed by atoms with Gasteiger partial charge >= 0.3 is 0 Å². The summed E-state index contributed by atoms with van der Waals surface area (Å²) >= 11 is 0. The van der Waals surface area contributed by atoms with E-state index < -0.39 is 0 Å². The summed E-state index contributed by atoms with van der Waals surface area (Å²) in [4.78, 5) is 0. The maximum atomic E-state index is 4.26. The Kier molecular flexibility index (Phi) is 5.40. The molecule has 1 aromatic heterocycles. The quantitative estimate of drug-likeness (QED) is 0.698. The largest absolute Gasteiger partial charge is 0.315 e. The van der Waals surface area contributed by atoms with E-state index in [1.165, 1.54) is 18.4 Å². The molecule has 86 valence electrons. The van der Waals surface area contributed by atoms with Crippen molar-refractivity contribution in [2.24, 2.45) is 0 Å². The Hall–Kier alpha value is -0.830. The highest BCUT2D eigenvalue weighted by Gasteiger charge is 1.97. The van der Waals surface area contributed by atoms with Crippen LogP contribution in [-0.2, 0) is 13.0 Å². The lowest BCUT2D eigenvalue weighted by atomic mass is 10.1. The van der Waals surface area contributed by atoms with Gasteiger partial charge in [-0.15, -0.1) is 0 Å². The zero-order valence-corrected chi connectivity index (χ0v) is 10.2. The Labute approximate surface area is 92.9 Å². The molecule has 0 aliphatic rings. The molecule has 0 saturated heterocycles. The minimum absolute atomic E-state index is 0.604. The molecule has 0 unspecified atom stereocenters. The molecule has 1 heterocycles. The molecule has 0 fully saturated rings. The number of aryl methyl sites for hydroxylation is 2. The highest BCUT2D eigenvalue weighted by atomic mass is 15.3. The van der Waals surface area contributed by atoms with Crippen LogP contribution in [0.25, 0.3) is 0 Å². The molecule has 0 aliphatic carbocycles. The van der Waals surface area contributed by atoms with E-state index in [1.807, 2.05) is 10.9 Å². The Morgan fingerprint density at radius 2 is 2.20 bits per heavy atom. The van der Waals surface area contributed by atoms with Gasteiger partial charge in [0.25, 0.3) is 0 Å². The van der Waals surface area contributed by atoms with Crippen molar-refractivity contribution < 1.29 is 0 Å². The van der Waals surface area contributed by atoms with Gasteiger partial charge in [-0.05, 0) is 38.3 Å². The number of aromatic nitrogens is 2. The summed E-state index contributed by atoms with van der Waals surface area (Å²) in [5, 5.41) is 7.69. The van der Waals surface area contributed by atoms with E-state index in [0.717, 1.165) is 19.5 Å². The maximum absolute atomic E-state index is 4.26. The monoisotopic (exact) mass is 209 g/mol. The summed E-state index contributed by atoms with van der Waals surface area (Å²) in [5.74, 6) is 0. The van der Waals surface area contributed by atoms with Crippen LogP contribution in [0, 0.1) is 0 Å². The van der Waals surface area contributed by atoms with Gasteiger partial charge in [0.15, 0.2) is 0 Å². The number of nitrogens with one attached hydrogen (secondary N) is 1. The van der Waals surface area contributed by atoms with Crippen LogP contribution in [-0.4, -0.2) is 22.4 Å². The van der Waals surface area contributed by atoms with E-state index in [-0.39, 0.29) is 0 Å². The number of hydrogen-bond donors (Lipinski definition) is 1. The van der Waals surface area contributed by atoms with Crippen molar-refractivity contribution in [3.8, 4) is 0 Å². The molecular weight excluding hydrogens is 186 g/mol. The van der Waals surface area contributed by atoms with Crippen LogP contribution in [0.4, 0.5) is 0 Å². The third kappa shape index (κ3) is 4.98. The average molecular weight is 209 g/mol. The van der Waals surface area contributed by atoms with Gasteiger partial charge in [0.2, 0.25) is 0 Å². The van der Waals surface area contributed by atoms with Gasteiger partial charge in [0.1, 0.15) is 0 Å². The average Bonchev–Trinajstić information content (AvgIpc) is 2.65. The standard InChI is InChI=1S/C12H23N3/c1-4-15-10-12(9-14-15)7-5-6-8-13-11(2)3/h9-11,13H,4-8H2,1-3H3. The lowest BCUT2D eigenvalue weighted by Crippen LogP contribution is -2.23. The molecule has 3 nitrogen and oxygen atoms in total. The Morgan fingerprint density at radius 3 is 2.80 bits per heavy atom. The highest BCUT2D eigenvalue weighted by molar-refractivity contribution is 5.03. The predicted octanol–water partition coefficient (Wildman–Crippen LogP) is 2.22. The van der Waals surface area contributed by atoms with Crippen molar-refractivity contribution in [1.82, 2.24) is 15.1 Å². The third-order valence-electron chi connectivity index (χ3n) is 2.46. The van der Waals surface area contributed by atoms with Gasteiger partial charge in [-0.2, -0.15) is 5.10 Å². The van der Waals surface area contributed by atoms with Crippen LogP contribution in [0.3, 0.4) is 0 Å². The molecule has 0 spiro atoms. The van der Waals surface area contributed by atoms with Gasteiger partial charge in [-0.3, -0.25) is 4.68 Å². The lowest BCUT2D eigenvalue weighted by molar-refractivity contribution is 0.557. The van der Waals surface area contributed by atoms with Crippen molar-refractivity contribution >= 4 is 0 Å². The molecule has 0 amide bonds. The highest BCUT2D eigenvalue weighted by Crippen LogP contribution is 2.03. The van der Waals surface area contributed by atoms with Crippen LogP contribution in [0.1, 0.15) is 39.2 Å². The van der Waals surface area contributed by atoms with E-state index in [1.54, 1.807) is 0 Å². The topological polar surface area (TPSA) is 29.9 Å². The smallest absolute Gasteiger partial charge is 0.0521 e. The minimum atomic E-state index is 0.604. The molecule has 0 bridgehead atoms. The fraction of sp³-hybridized carbons (Fsp3) is 0.750. The molecule has 1 N–H and O–H groups in total. The Bertz CT molecular complexity index is 266. The first-order valence-electron chi connectivity index (χ1n) is 5.97. The van der Waals surface area contributed by atoms with E-state index in [9.17, 15) is 0 Å². The first kappa shape index (κ1) is 12.2. The first-order chi connectivity index (χ1) is 7.22. The normalized spacial score (nSPS) is 11.2. The van der Waals surface area contributed by atoms with Gasteiger partial charge < -0.3 is 5.32 Å². The van der Waals surface area contributed by atoms with Crippen molar-refractivity contribution in [1.29, 1.82) is 0 Å². The zero-order valence-electron chi connectivity index (χ0n) is 10.2. The molecule has 1 aromatic rings. The summed E-state index contributed by atoms with van der Waals surface area (Å²) in [6.45, 7) is 8.58. The van der Waals surface area contributed by atoms with Gasteiger partial charge in [0.05, 0.1) is 6.20 Å². The zero-order chi connectivity index (χ0) is 11.1. The molecule has 0 saturated carbocycles. The number of nitrogens with zero attached hydrogens (tertiary/aromatic N) is 2. The van der Waals surface area contributed by atoms with Crippen molar-refractivity contribution in [2.45, 2.75) is 52.6 Å². The van der Waals surface area contributed by atoms with E-state index in [4.69, 9.17) is 0 Å². The van der Waals surface area contributed by atoms with Crippen LogP contribution >= 0.6 is 0 Å². The van der Waals surface area contributed by atoms with Crippen LogP contribution in [0.2, 0.25) is 0 Å². The maximum Gasteiger partial charge on any atom is 0.0521 e. The Morgan fingerprint density at radius 1 is 1.40 bits per heavy atom. The van der Waals surface area contributed by atoms with Crippen LogP contribution in [0.5, 0.6) is 0 Å².